The van der Waals surface area contributed by atoms with Crippen LogP contribution in [0.3, 0.4) is 0 Å². The van der Waals surface area contributed by atoms with Crippen LogP contribution in [0.15, 0.2) is 21.7 Å². The second-order valence-electron chi connectivity index (χ2n) is 7.28. The first-order valence-electron chi connectivity index (χ1n) is 8.23. The van der Waals surface area contributed by atoms with E-state index in [1.807, 2.05) is 25.3 Å². The third-order valence-electron chi connectivity index (χ3n) is 3.25. The van der Waals surface area contributed by atoms with Gasteiger partial charge in [0.2, 0.25) is 0 Å². The Hall–Kier alpha value is -1.45. The summed E-state index contributed by atoms with van der Waals surface area (Å²) in [5.74, 6) is -0.321. The molecule has 0 aliphatic heterocycles. The van der Waals surface area contributed by atoms with Crippen LogP contribution in [0.2, 0.25) is 0 Å². The van der Waals surface area contributed by atoms with Gasteiger partial charge in [-0.3, -0.25) is 9.52 Å². The smallest absolute Gasteiger partial charge is 0.408 e. The van der Waals surface area contributed by atoms with E-state index in [0.717, 1.165) is 9.40 Å². The van der Waals surface area contributed by atoms with Crippen LogP contribution in [0.4, 0.5) is 4.79 Å². The van der Waals surface area contributed by atoms with E-state index in [1.165, 1.54) is 22.7 Å². The number of hydrogen-bond donors (Lipinski definition) is 2. The molecule has 0 bridgehead atoms. The topological polar surface area (TPSA) is 84.5 Å². The minimum Gasteiger partial charge on any atom is -0.444 e. The molecule has 0 spiro atoms. The summed E-state index contributed by atoms with van der Waals surface area (Å²) in [7, 11) is -1.68. The molecule has 2 aromatic rings. The number of fused-ring (bicyclic) bond motifs is 1. The molecule has 2 N–H and O–H groups in total. The fourth-order valence-electron chi connectivity index (χ4n) is 2.24. The predicted molar refractivity (Wildman–Crippen MR) is 107 cm³/mol. The zero-order chi connectivity index (χ0) is 19.5. The second kappa shape index (κ2) is 8.49. The zero-order valence-electron chi connectivity index (χ0n) is 15.5. The molecule has 9 heteroatoms. The van der Waals surface area contributed by atoms with Crippen LogP contribution in [0.1, 0.15) is 41.0 Å². The van der Waals surface area contributed by atoms with Crippen molar-refractivity contribution in [2.75, 3.05) is 0 Å². The zero-order valence-corrected chi connectivity index (χ0v) is 17.9. The van der Waals surface area contributed by atoms with E-state index in [1.54, 1.807) is 26.2 Å². The molecule has 6 nitrogen and oxygen atoms in total. The fourth-order valence-corrected chi connectivity index (χ4v) is 5.75. The van der Waals surface area contributed by atoms with Gasteiger partial charge in [-0.25, -0.2) is 9.00 Å². The van der Waals surface area contributed by atoms with Crippen molar-refractivity contribution in [3.8, 4) is 0 Å². The highest BCUT2D eigenvalue weighted by molar-refractivity contribution is 7.84. The van der Waals surface area contributed by atoms with Crippen LogP contribution in [-0.4, -0.2) is 27.9 Å². The van der Waals surface area contributed by atoms with Crippen LogP contribution in [0.25, 0.3) is 9.40 Å². The summed E-state index contributed by atoms with van der Waals surface area (Å²) < 4.78 is 22.3. The molecule has 0 radical (unpaired) electrons. The van der Waals surface area contributed by atoms with Crippen molar-refractivity contribution in [1.82, 2.24) is 10.0 Å². The van der Waals surface area contributed by atoms with Gasteiger partial charge in [0, 0.05) is 10.1 Å². The third kappa shape index (κ3) is 5.78. The van der Waals surface area contributed by atoms with Crippen LogP contribution in [0.5, 0.6) is 0 Å². The molecule has 1 unspecified atom stereocenters. The molecule has 0 aromatic carbocycles. The Labute approximate surface area is 163 Å². The van der Waals surface area contributed by atoms with Gasteiger partial charge in [-0.05, 0) is 44.6 Å². The summed E-state index contributed by atoms with van der Waals surface area (Å²) in [5.41, 5.74) is -0.660. The summed E-state index contributed by atoms with van der Waals surface area (Å²) >= 11 is 2.98. The first kappa shape index (κ1) is 20.9. The number of alkyl carbamates (subject to hydrolysis) is 1. The van der Waals surface area contributed by atoms with Crippen molar-refractivity contribution in [1.29, 1.82) is 0 Å². The van der Waals surface area contributed by atoms with Gasteiger partial charge in [0.25, 0.3) is 5.91 Å². The summed E-state index contributed by atoms with van der Waals surface area (Å²) in [4.78, 5) is 25.2. The van der Waals surface area contributed by atoms with Crippen molar-refractivity contribution in [3.05, 3.63) is 16.8 Å². The van der Waals surface area contributed by atoms with Crippen LogP contribution < -0.4 is 10.0 Å². The number of rotatable bonds is 6. The van der Waals surface area contributed by atoms with Gasteiger partial charge in [0.15, 0.2) is 11.0 Å². The Kier molecular flexibility index (Phi) is 6.81. The molecule has 2 aromatic heterocycles. The maximum Gasteiger partial charge on any atom is 0.408 e. The highest BCUT2D eigenvalue weighted by atomic mass is 32.2. The Morgan fingerprint density at radius 3 is 2.58 bits per heavy atom. The first-order valence-corrected chi connectivity index (χ1v) is 11.1. The van der Waals surface area contributed by atoms with E-state index in [0.29, 0.717) is 11.3 Å². The number of hydrogen-bond acceptors (Lipinski definition) is 6. The molecule has 2 heterocycles. The molecule has 2 rings (SSSR count). The van der Waals surface area contributed by atoms with Gasteiger partial charge in [-0.15, -0.1) is 22.7 Å². The lowest BCUT2D eigenvalue weighted by atomic mass is 10.0. The number of nitrogens with one attached hydrogen (secondary N) is 2. The Morgan fingerprint density at radius 2 is 1.96 bits per heavy atom. The Morgan fingerprint density at radius 1 is 1.27 bits per heavy atom. The fraction of sp³-hybridized carbons (Fsp3) is 0.529. The lowest BCUT2D eigenvalue weighted by Crippen LogP contribution is -2.49. The molecule has 0 aliphatic rings. The number of amides is 2. The number of carbonyl (C=O) groups excluding carboxylic acids is 2. The van der Waals surface area contributed by atoms with E-state index in [2.05, 4.69) is 10.0 Å². The van der Waals surface area contributed by atoms with E-state index in [4.69, 9.17) is 4.74 Å². The first-order chi connectivity index (χ1) is 12.1. The monoisotopic (exact) mass is 416 g/mol. The molecular formula is C17H24N2O4S3. The normalized spacial score (nSPS) is 14.2. The highest BCUT2D eigenvalue weighted by Crippen LogP contribution is 2.32. The largest absolute Gasteiger partial charge is 0.444 e. The lowest BCUT2D eigenvalue weighted by molar-refractivity contribution is -0.121. The van der Waals surface area contributed by atoms with Gasteiger partial charge in [0.05, 0.1) is 9.60 Å². The maximum atomic E-state index is 12.6. The van der Waals surface area contributed by atoms with E-state index >= 15 is 0 Å². The van der Waals surface area contributed by atoms with Crippen LogP contribution in [-0.2, 0) is 20.5 Å². The van der Waals surface area contributed by atoms with Crippen molar-refractivity contribution in [2.24, 2.45) is 5.92 Å². The quantitative estimate of drug-likeness (QED) is 0.744. The van der Waals surface area contributed by atoms with E-state index < -0.39 is 34.6 Å². The molecule has 144 valence electrons. The highest BCUT2D eigenvalue weighted by Gasteiger charge is 2.27. The molecule has 0 saturated carbocycles. The predicted octanol–water partition coefficient (Wildman–Crippen LogP) is 4.04. The van der Waals surface area contributed by atoms with E-state index in [-0.39, 0.29) is 5.92 Å². The van der Waals surface area contributed by atoms with Crippen molar-refractivity contribution in [2.45, 2.75) is 57.6 Å². The summed E-state index contributed by atoms with van der Waals surface area (Å²) in [5, 5.41) is 6.30. The number of thiophene rings is 2. The molecule has 26 heavy (non-hydrogen) atoms. The van der Waals surface area contributed by atoms with Gasteiger partial charge in [-0.2, -0.15) is 0 Å². The van der Waals surface area contributed by atoms with E-state index in [9.17, 15) is 13.8 Å². The van der Waals surface area contributed by atoms with Crippen molar-refractivity contribution >= 4 is 55.1 Å². The minimum absolute atomic E-state index is 0.166. The molecule has 0 saturated heterocycles. The second-order valence-corrected chi connectivity index (χ2v) is 10.3. The summed E-state index contributed by atoms with van der Waals surface area (Å²) in [6.07, 6.45) is -0.249. The van der Waals surface area contributed by atoms with Gasteiger partial charge in [0.1, 0.15) is 11.6 Å². The molecule has 2 amide bonds. The lowest BCUT2D eigenvalue weighted by Gasteiger charge is -2.24. The third-order valence-corrected chi connectivity index (χ3v) is 6.66. The minimum atomic E-state index is -1.68. The van der Waals surface area contributed by atoms with Gasteiger partial charge in [-0.1, -0.05) is 13.8 Å². The molecular weight excluding hydrogens is 392 g/mol. The summed E-state index contributed by atoms with van der Waals surface area (Å²) in [6.45, 7) is 9.15. The van der Waals surface area contributed by atoms with Gasteiger partial charge < -0.3 is 10.1 Å². The van der Waals surface area contributed by atoms with Crippen molar-refractivity contribution in [3.63, 3.8) is 0 Å². The number of ether oxygens (including phenoxy) is 1. The Balaban J connectivity index is 2.07. The Bertz CT molecular complexity index is 804. The van der Waals surface area contributed by atoms with Crippen LogP contribution in [0, 0.1) is 5.92 Å². The molecule has 0 fully saturated rings. The standard InChI is InChI=1S/C17H24N2O4S3/c1-10(2)8-11(18-16(21)23-17(3,4)5)15(20)19-26(22)13-9-25-12-6-7-24-14(12)13/h6-7,9-11H,8H2,1-5H3,(H,18,21)(H,19,20)/t11-,26?/m0/s1. The average molecular weight is 417 g/mol. The van der Waals surface area contributed by atoms with Crippen LogP contribution >= 0.6 is 22.7 Å². The number of carbonyl (C=O) groups is 2. The molecule has 2 atom stereocenters. The molecule has 0 aliphatic carbocycles. The summed E-state index contributed by atoms with van der Waals surface area (Å²) in [6, 6.07) is 1.14. The average Bonchev–Trinajstić information content (AvgIpc) is 3.06. The van der Waals surface area contributed by atoms with Gasteiger partial charge >= 0.3 is 6.09 Å². The SMILES string of the molecule is CC(C)C[C@H](NC(=O)OC(C)(C)C)C(=O)NS(=O)c1csc2ccsc12. The van der Waals surface area contributed by atoms with Crippen molar-refractivity contribution < 1.29 is 18.5 Å². The maximum absolute atomic E-state index is 12.6.